The summed E-state index contributed by atoms with van der Waals surface area (Å²) in [6.07, 6.45) is 0. The number of nitrogens with one attached hydrogen (secondary N) is 2. The zero-order valence-corrected chi connectivity index (χ0v) is 19.4. The molecule has 3 aromatic carbocycles. The summed E-state index contributed by atoms with van der Waals surface area (Å²) in [6.45, 7) is 0. The molecule has 9 nitrogen and oxygen atoms in total. The maximum absolute atomic E-state index is 12.6. The van der Waals surface area contributed by atoms with Crippen molar-refractivity contribution in [1.82, 2.24) is 0 Å². The Balaban J connectivity index is 1.66. The van der Waals surface area contributed by atoms with Crippen molar-refractivity contribution in [2.75, 3.05) is 23.7 Å². The minimum atomic E-state index is -3.86. The van der Waals surface area contributed by atoms with Crippen molar-refractivity contribution in [2.45, 2.75) is 10.6 Å². The van der Waals surface area contributed by atoms with Crippen molar-refractivity contribution in [3.63, 3.8) is 0 Å². The lowest BCUT2D eigenvalue weighted by Gasteiger charge is -2.11. The fourth-order valence-electron chi connectivity index (χ4n) is 2.87. The van der Waals surface area contributed by atoms with Crippen molar-refractivity contribution < 1.29 is 31.1 Å². The Bertz CT molecular complexity index is 1320. The first-order valence-electron chi connectivity index (χ1n) is 9.56. The number of rotatable bonds is 9. The molecule has 0 aliphatic carbocycles. The molecule has 0 aromatic heterocycles. The normalized spacial score (nSPS) is 11.5. The molecule has 0 atom stereocenters. The number of sulfonamides is 2. The van der Waals surface area contributed by atoms with E-state index in [0.717, 1.165) is 0 Å². The van der Waals surface area contributed by atoms with Gasteiger partial charge in [-0.1, -0.05) is 12.1 Å². The molecule has 11 heteroatoms. The molecular weight excluding hydrogens is 468 g/mol. The average Bonchev–Trinajstić information content (AvgIpc) is 2.79. The van der Waals surface area contributed by atoms with Gasteiger partial charge in [0.1, 0.15) is 5.75 Å². The van der Waals surface area contributed by atoms with E-state index in [1.807, 2.05) is 0 Å². The van der Waals surface area contributed by atoms with Crippen molar-refractivity contribution >= 4 is 37.4 Å². The number of benzene rings is 3. The Kier molecular flexibility index (Phi) is 7.24. The van der Waals surface area contributed by atoms with Crippen LogP contribution in [0.4, 0.5) is 11.4 Å². The Morgan fingerprint density at radius 3 is 1.85 bits per heavy atom. The summed E-state index contributed by atoms with van der Waals surface area (Å²) >= 11 is 0. The molecular formula is C22H22N2O7S2. The third-order valence-corrected chi connectivity index (χ3v) is 7.17. The van der Waals surface area contributed by atoms with Crippen LogP contribution in [0, 0.1) is 0 Å². The molecule has 3 rings (SSSR count). The lowest BCUT2D eigenvalue weighted by molar-refractivity contribution is 0.0600. The fourth-order valence-corrected chi connectivity index (χ4v) is 5.12. The van der Waals surface area contributed by atoms with Gasteiger partial charge in [-0.05, 0) is 66.2 Å². The third-order valence-electron chi connectivity index (χ3n) is 4.51. The molecule has 0 aliphatic heterocycles. The molecule has 2 N–H and O–H groups in total. The standard InChI is InChI=1S/C22H22N2O7S2/c1-30-20-11-7-19(8-12-20)24-33(28,29)21-13-9-18(10-14-21)23-32(26,27)15-16-3-5-17(6-4-16)22(25)31-2/h3-14,23-24H,15H2,1-2H3. The van der Waals surface area contributed by atoms with Crippen LogP contribution in [0.5, 0.6) is 5.75 Å². The van der Waals surface area contributed by atoms with Gasteiger partial charge >= 0.3 is 5.97 Å². The molecule has 0 fully saturated rings. The minimum Gasteiger partial charge on any atom is -0.497 e. The molecule has 0 amide bonds. The van der Waals surface area contributed by atoms with Gasteiger partial charge in [-0.2, -0.15) is 0 Å². The number of anilines is 2. The molecule has 0 bridgehead atoms. The van der Waals surface area contributed by atoms with Crippen LogP contribution < -0.4 is 14.2 Å². The summed E-state index contributed by atoms with van der Waals surface area (Å²) in [7, 11) is -4.86. The molecule has 0 spiro atoms. The van der Waals surface area contributed by atoms with E-state index >= 15 is 0 Å². The first kappa shape index (κ1) is 24.1. The zero-order chi connectivity index (χ0) is 24.1. The Morgan fingerprint density at radius 1 is 0.758 bits per heavy atom. The van der Waals surface area contributed by atoms with Crippen LogP contribution in [0.3, 0.4) is 0 Å². The maximum atomic E-state index is 12.6. The van der Waals surface area contributed by atoms with E-state index in [2.05, 4.69) is 14.2 Å². The van der Waals surface area contributed by atoms with Crippen molar-refractivity contribution in [3.8, 4) is 5.75 Å². The summed E-state index contributed by atoms with van der Waals surface area (Å²) in [5.41, 5.74) is 1.35. The van der Waals surface area contributed by atoms with Gasteiger partial charge in [-0.15, -0.1) is 0 Å². The Labute approximate surface area is 192 Å². The second-order valence-electron chi connectivity index (χ2n) is 6.91. The second-order valence-corrected chi connectivity index (χ2v) is 10.3. The van der Waals surface area contributed by atoms with Crippen LogP contribution in [-0.2, 0) is 30.5 Å². The largest absolute Gasteiger partial charge is 0.497 e. The number of hydrogen-bond acceptors (Lipinski definition) is 7. The number of esters is 1. The van der Waals surface area contributed by atoms with Gasteiger partial charge in [0.05, 0.1) is 30.4 Å². The highest BCUT2D eigenvalue weighted by molar-refractivity contribution is 7.92. The van der Waals surface area contributed by atoms with Gasteiger partial charge in [0.25, 0.3) is 10.0 Å². The van der Waals surface area contributed by atoms with Gasteiger partial charge in [0.2, 0.25) is 10.0 Å². The average molecular weight is 491 g/mol. The van der Waals surface area contributed by atoms with E-state index in [1.165, 1.54) is 62.8 Å². The van der Waals surface area contributed by atoms with E-state index in [9.17, 15) is 21.6 Å². The summed E-state index contributed by atoms with van der Waals surface area (Å²) in [6, 6.07) is 17.7. The summed E-state index contributed by atoms with van der Waals surface area (Å²) in [5, 5.41) is 0. The van der Waals surface area contributed by atoms with Crippen LogP contribution in [0.1, 0.15) is 15.9 Å². The fraction of sp³-hybridized carbons (Fsp3) is 0.136. The van der Waals surface area contributed by atoms with Gasteiger partial charge in [-0.3, -0.25) is 9.44 Å². The van der Waals surface area contributed by atoms with E-state index in [-0.39, 0.29) is 16.3 Å². The molecule has 0 aliphatic rings. The summed E-state index contributed by atoms with van der Waals surface area (Å²) in [5.74, 6) is -0.249. The highest BCUT2D eigenvalue weighted by Gasteiger charge is 2.16. The number of methoxy groups -OCH3 is 2. The third kappa shape index (κ3) is 6.46. The number of hydrogen-bond donors (Lipinski definition) is 2. The monoisotopic (exact) mass is 490 g/mol. The van der Waals surface area contributed by atoms with Crippen LogP contribution in [0.15, 0.2) is 77.7 Å². The van der Waals surface area contributed by atoms with E-state index in [0.29, 0.717) is 22.6 Å². The van der Waals surface area contributed by atoms with E-state index in [4.69, 9.17) is 4.74 Å². The van der Waals surface area contributed by atoms with Gasteiger partial charge in [0, 0.05) is 11.4 Å². The maximum Gasteiger partial charge on any atom is 0.337 e. The van der Waals surface area contributed by atoms with E-state index < -0.39 is 26.0 Å². The molecule has 0 saturated heterocycles. The smallest absolute Gasteiger partial charge is 0.337 e. The lowest BCUT2D eigenvalue weighted by Crippen LogP contribution is -2.16. The quantitative estimate of drug-likeness (QED) is 0.441. The summed E-state index contributed by atoms with van der Waals surface area (Å²) in [4.78, 5) is 11.4. The van der Waals surface area contributed by atoms with Crippen LogP contribution in [0.25, 0.3) is 0 Å². The number of carbonyl (C=O) groups excluding carboxylic acids is 1. The van der Waals surface area contributed by atoms with Gasteiger partial charge in [-0.25, -0.2) is 21.6 Å². The highest BCUT2D eigenvalue weighted by Crippen LogP contribution is 2.21. The first-order valence-corrected chi connectivity index (χ1v) is 12.7. The zero-order valence-electron chi connectivity index (χ0n) is 17.8. The minimum absolute atomic E-state index is 0.0281. The number of ether oxygens (including phenoxy) is 2. The van der Waals surface area contributed by atoms with Gasteiger partial charge < -0.3 is 9.47 Å². The summed E-state index contributed by atoms with van der Waals surface area (Å²) < 4.78 is 64.6. The first-order chi connectivity index (χ1) is 15.6. The highest BCUT2D eigenvalue weighted by atomic mass is 32.2. The predicted octanol–water partition coefficient (Wildman–Crippen LogP) is 3.22. The molecule has 174 valence electrons. The molecule has 0 unspecified atom stereocenters. The second kappa shape index (κ2) is 9.92. The van der Waals surface area contributed by atoms with Crippen LogP contribution >= 0.6 is 0 Å². The Morgan fingerprint density at radius 2 is 1.30 bits per heavy atom. The van der Waals surface area contributed by atoms with Crippen LogP contribution in [-0.4, -0.2) is 37.0 Å². The predicted molar refractivity (Wildman–Crippen MR) is 124 cm³/mol. The SMILES string of the molecule is COC(=O)c1ccc(CS(=O)(=O)Nc2ccc(S(=O)(=O)Nc3ccc(OC)cc3)cc2)cc1. The Hall–Kier alpha value is -3.57. The molecule has 0 heterocycles. The van der Waals surface area contributed by atoms with Gasteiger partial charge in [0.15, 0.2) is 0 Å². The van der Waals surface area contributed by atoms with Crippen molar-refractivity contribution in [1.29, 1.82) is 0 Å². The van der Waals surface area contributed by atoms with Crippen molar-refractivity contribution in [3.05, 3.63) is 83.9 Å². The lowest BCUT2D eigenvalue weighted by atomic mass is 10.1. The van der Waals surface area contributed by atoms with E-state index in [1.54, 1.807) is 24.3 Å². The topological polar surface area (TPSA) is 128 Å². The van der Waals surface area contributed by atoms with Crippen LogP contribution in [0.2, 0.25) is 0 Å². The molecule has 3 aromatic rings. The molecule has 0 radical (unpaired) electrons. The molecule has 0 saturated carbocycles. The van der Waals surface area contributed by atoms with Crippen molar-refractivity contribution in [2.24, 2.45) is 0 Å². The molecule has 33 heavy (non-hydrogen) atoms. The number of carbonyl (C=O) groups is 1.